The number of furan rings is 1. The molecular weight excluding hydrogens is 663 g/mol. The monoisotopic (exact) mass is 693 g/mol. The molecule has 0 fully saturated rings. The molecule has 1 aliphatic carbocycles. The highest BCUT2D eigenvalue weighted by Gasteiger charge is 2.38. The Morgan fingerprint density at radius 2 is 1.17 bits per heavy atom. The smallest absolute Gasteiger partial charge is 0.164 e. The van der Waals surface area contributed by atoms with E-state index in [2.05, 4.69) is 152 Å². The van der Waals surface area contributed by atoms with Crippen molar-refractivity contribution in [3.8, 4) is 51.0 Å². The topological polar surface area (TPSA) is 61.0 Å². The lowest BCUT2D eigenvalue weighted by Gasteiger charge is -2.23. The maximum absolute atomic E-state index is 6.79. The normalized spacial score (nSPS) is 16.0. The number of nitrogens with zero attached hydrogens (tertiary/aromatic N) is 3. The molecule has 0 N–H and O–H groups in total. The van der Waals surface area contributed by atoms with Gasteiger partial charge in [0.1, 0.15) is 23.0 Å². The van der Waals surface area contributed by atoms with Crippen molar-refractivity contribution in [3.05, 3.63) is 187 Å². The van der Waals surface area contributed by atoms with Crippen molar-refractivity contribution in [3.63, 3.8) is 0 Å². The number of hydrogen-bond donors (Lipinski definition) is 0. The van der Waals surface area contributed by atoms with Crippen LogP contribution in [-0.2, 0) is 0 Å². The summed E-state index contributed by atoms with van der Waals surface area (Å²) < 4.78 is 13.2. The van der Waals surface area contributed by atoms with E-state index in [1.165, 1.54) is 10.9 Å². The first-order valence-electron chi connectivity index (χ1n) is 18.3. The van der Waals surface area contributed by atoms with Gasteiger partial charge in [-0.2, -0.15) is 0 Å². The average molecular weight is 694 g/mol. The van der Waals surface area contributed by atoms with Crippen LogP contribution >= 0.6 is 0 Å². The van der Waals surface area contributed by atoms with E-state index in [0.717, 1.165) is 72.0 Å². The Kier molecular flexibility index (Phi) is 6.92. The second kappa shape index (κ2) is 12.2. The number of benzene rings is 7. The fourth-order valence-electron chi connectivity index (χ4n) is 8.13. The van der Waals surface area contributed by atoms with Crippen molar-refractivity contribution in [2.75, 3.05) is 0 Å². The van der Waals surface area contributed by atoms with Gasteiger partial charge in [-0.25, -0.2) is 15.0 Å². The Morgan fingerprint density at radius 1 is 0.500 bits per heavy atom. The summed E-state index contributed by atoms with van der Waals surface area (Å²) in [6.07, 6.45) is 6.37. The van der Waals surface area contributed by atoms with Gasteiger partial charge in [0.05, 0.1) is 5.92 Å². The first-order valence-corrected chi connectivity index (χ1v) is 18.3. The third-order valence-corrected chi connectivity index (χ3v) is 10.7. The Morgan fingerprint density at radius 3 is 2.06 bits per heavy atom. The van der Waals surface area contributed by atoms with Gasteiger partial charge in [0.15, 0.2) is 17.5 Å². The fourth-order valence-corrected chi connectivity index (χ4v) is 8.13. The Hall–Kier alpha value is -7.11. The predicted octanol–water partition coefficient (Wildman–Crippen LogP) is 12.1. The molecule has 7 aromatic carbocycles. The van der Waals surface area contributed by atoms with Gasteiger partial charge in [-0.05, 0) is 57.8 Å². The third-order valence-electron chi connectivity index (χ3n) is 10.7. The molecule has 11 rings (SSSR count). The van der Waals surface area contributed by atoms with Crippen LogP contribution in [0.1, 0.15) is 17.0 Å². The fraction of sp³-hybridized carbons (Fsp3) is 0.0408. The minimum absolute atomic E-state index is 0.0515. The third kappa shape index (κ3) is 4.97. The van der Waals surface area contributed by atoms with Crippen LogP contribution in [0.4, 0.5) is 0 Å². The number of para-hydroxylation sites is 2. The Labute approximate surface area is 311 Å². The summed E-state index contributed by atoms with van der Waals surface area (Å²) in [7, 11) is 0. The molecule has 0 radical (unpaired) electrons. The van der Waals surface area contributed by atoms with Crippen molar-refractivity contribution in [1.29, 1.82) is 0 Å². The molecule has 2 atom stereocenters. The second-order valence-corrected chi connectivity index (χ2v) is 13.9. The van der Waals surface area contributed by atoms with Gasteiger partial charge >= 0.3 is 0 Å². The van der Waals surface area contributed by atoms with E-state index in [1.807, 2.05) is 24.3 Å². The van der Waals surface area contributed by atoms with Crippen LogP contribution in [0.25, 0.3) is 83.6 Å². The minimum Gasteiger partial charge on any atom is -0.485 e. The SMILES string of the molecule is C1=CC2Oc3ccccc3C2C(c2ccc(-c3nc(-c4ccc(-c5ccccc5)cc4)nc(-c4ccc5ccccc5c4)n3)c3c2oc2ccccc23)=C1. The summed E-state index contributed by atoms with van der Waals surface area (Å²) in [5.41, 5.74) is 10.0. The highest BCUT2D eigenvalue weighted by atomic mass is 16.5. The van der Waals surface area contributed by atoms with E-state index in [9.17, 15) is 0 Å². The molecule has 0 amide bonds. The van der Waals surface area contributed by atoms with Crippen LogP contribution in [-0.4, -0.2) is 21.1 Å². The molecule has 2 aromatic heterocycles. The van der Waals surface area contributed by atoms with Crippen molar-refractivity contribution in [1.82, 2.24) is 15.0 Å². The summed E-state index contributed by atoms with van der Waals surface area (Å²) in [4.78, 5) is 15.6. The van der Waals surface area contributed by atoms with E-state index >= 15 is 0 Å². The quantitative estimate of drug-likeness (QED) is 0.180. The Bertz CT molecular complexity index is 2980. The van der Waals surface area contributed by atoms with Crippen LogP contribution in [0.3, 0.4) is 0 Å². The van der Waals surface area contributed by atoms with E-state index in [4.69, 9.17) is 24.1 Å². The summed E-state index contributed by atoms with van der Waals surface area (Å²) >= 11 is 0. The van der Waals surface area contributed by atoms with Crippen LogP contribution in [0, 0.1) is 0 Å². The summed E-state index contributed by atoms with van der Waals surface area (Å²) in [6.45, 7) is 0. The van der Waals surface area contributed by atoms with Gasteiger partial charge < -0.3 is 9.15 Å². The zero-order valence-corrected chi connectivity index (χ0v) is 29.1. The lowest BCUT2D eigenvalue weighted by atomic mass is 9.80. The molecule has 2 unspecified atom stereocenters. The van der Waals surface area contributed by atoms with Crippen LogP contribution in [0.2, 0.25) is 0 Å². The zero-order chi connectivity index (χ0) is 35.6. The van der Waals surface area contributed by atoms with Crippen LogP contribution in [0.5, 0.6) is 5.75 Å². The molecule has 9 aromatic rings. The summed E-state index contributed by atoms with van der Waals surface area (Å²) in [5.74, 6) is 2.79. The maximum Gasteiger partial charge on any atom is 0.164 e. The maximum atomic E-state index is 6.79. The molecular formula is C49H31N3O2. The zero-order valence-electron chi connectivity index (χ0n) is 29.1. The molecule has 254 valence electrons. The predicted molar refractivity (Wildman–Crippen MR) is 217 cm³/mol. The highest BCUT2D eigenvalue weighted by Crippen LogP contribution is 2.50. The number of hydrogen-bond acceptors (Lipinski definition) is 5. The number of aromatic nitrogens is 3. The van der Waals surface area contributed by atoms with E-state index < -0.39 is 0 Å². The molecule has 1 aliphatic heterocycles. The standard InChI is InChI=1S/C49H31N3O2/c1-2-11-30(12-3-1)32-21-24-33(25-22-32)47-50-48(35-26-23-31-13-4-5-14-34(31)29-35)52-49(51-47)40-28-27-37(46-45(40)39-16-7-9-19-42(39)54-46)36-17-10-20-43-44(36)38-15-6-8-18-41(38)53-43/h1-29,43-44H. The van der Waals surface area contributed by atoms with Crippen LogP contribution in [0.15, 0.2) is 180 Å². The molecule has 0 spiro atoms. The lowest BCUT2D eigenvalue weighted by molar-refractivity contribution is 0.271. The first-order chi connectivity index (χ1) is 26.7. The molecule has 0 bridgehead atoms. The molecule has 0 saturated carbocycles. The largest absolute Gasteiger partial charge is 0.485 e. The number of rotatable bonds is 5. The number of fused-ring (bicyclic) bond motifs is 7. The molecule has 54 heavy (non-hydrogen) atoms. The van der Waals surface area contributed by atoms with E-state index in [0.29, 0.717) is 17.5 Å². The van der Waals surface area contributed by atoms with Gasteiger partial charge in [0, 0.05) is 38.6 Å². The summed E-state index contributed by atoms with van der Waals surface area (Å²) in [5, 5.41) is 4.28. The van der Waals surface area contributed by atoms with Gasteiger partial charge in [-0.15, -0.1) is 0 Å². The molecule has 2 aliphatic rings. The molecule has 5 heteroatoms. The van der Waals surface area contributed by atoms with E-state index in [1.54, 1.807) is 0 Å². The molecule has 3 heterocycles. The average Bonchev–Trinajstić information content (AvgIpc) is 3.83. The van der Waals surface area contributed by atoms with Crippen molar-refractivity contribution in [2.24, 2.45) is 0 Å². The Balaban J connectivity index is 1.12. The molecule has 5 nitrogen and oxygen atoms in total. The van der Waals surface area contributed by atoms with Gasteiger partial charge in [-0.1, -0.05) is 146 Å². The number of allylic oxidation sites excluding steroid dienone is 2. The lowest BCUT2D eigenvalue weighted by Crippen LogP contribution is -2.19. The summed E-state index contributed by atoms with van der Waals surface area (Å²) in [6, 6.07) is 54.5. The van der Waals surface area contributed by atoms with Crippen molar-refractivity contribution >= 4 is 38.3 Å². The number of ether oxygens (including phenoxy) is 1. The van der Waals surface area contributed by atoms with Gasteiger partial charge in [0.2, 0.25) is 0 Å². The highest BCUT2D eigenvalue weighted by molar-refractivity contribution is 6.15. The van der Waals surface area contributed by atoms with Gasteiger partial charge in [-0.3, -0.25) is 0 Å². The molecule has 0 saturated heterocycles. The van der Waals surface area contributed by atoms with Crippen molar-refractivity contribution in [2.45, 2.75) is 12.0 Å². The van der Waals surface area contributed by atoms with E-state index in [-0.39, 0.29) is 12.0 Å². The van der Waals surface area contributed by atoms with Crippen molar-refractivity contribution < 1.29 is 9.15 Å². The second-order valence-electron chi connectivity index (χ2n) is 13.9. The first kappa shape index (κ1) is 30.5. The van der Waals surface area contributed by atoms with Crippen LogP contribution < -0.4 is 4.74 Å². The van der Waals surface area contributed by atoms with Gasteiger partial charge in [0.25, 0.3) is 0 Å². The minimum atomic E-state index is -0.0783.